The van der Waals surface area contributed by atoms with Gasteiger partial charge >= 0.3 is 5.97 Å². The highest BCUT2D eigenvalue weighted by Crippen LogP contribution is 2.08. The van der Waals surface area contributed by atoms with Crippen LogP contribution in [-0.4, -0.2) is 26.0 Å². The van der Waals surface area contributed by atoms with Crippen LogP contribution in [0.25, 0.3) is 0 Å². The Bertz CT molecular complexity index is 379. The van der Waals surface area contributed by atoms with E-state index in [1.807, 2.05) is 30.3 Å². The molecule has 0 saturated heterocycles. The first-order valence-corrected chi connectivity index (χ1v) is 5.28. The molecule has 0 aliphatic heterocycles. The number of nitrogens with one attached hydrogen (secondary N) is 1. The Morgan fingerprint density at radius 1 is 1.24 bits per heavy atom. The number of esters is 1. The third-order valence-electron chi connectivity index (χ3n) is 2.22. The van der Waals surface area contributed by atoms with E-state index in [-0.39, 0.29) is 24.7 Å². The first kappa shape index (κ1) is 13.0. The lowest BCUT2D eigenvalue weighted by Gasteiger charge is -2.19. The molecule has 0 spiro atoms. The summed E-state index contributed by atoms with van der Waals surface area (Å²) >= 11 is 0. The molecule has 1 aromatic rings. The summed E-state index contributed by atoms with van der Waals surface area (Å²) in [7, 11) is 3.04. The second-order valence-corrected chi connectivity index (χ2v) is 3.51. The quantitative estimate of drug-likeness (QED) is 0.614. The van der Waals surface area contributed by atoms with E-state index in [0.29, 0.717) is 0 Å². The van der Waals surface area contributed by atoms with Crippen molar-refractivity contribution in [2.75, 3.05) is 19.2 Å². The van der Waals surface area contributed by atoms with Gasteiger partial charge in [-0.25, -0.2) is 0 Å². The van der Waals surface area contributed by atoms with Crippen LogP contribution in [0.5, 0.6) is 0 Å². The number of hydrogen-bond donors (Lipinski definition) is 1. The van der Waals surface area contributed by atoms with E-state index in [0.717, 1.165) is 5.69 Å². The molecule has 17 heavy (non-hydrogen) atoms. The van der Waals surface area contributed by atoms with Gasteiger partial charge in [0.05, 0.1) is 19.2 Å². The average molecular weight is 236 g/mol. The third-order valence-corrected chi connectivity index (χ3v) is 2.22. The first-order valence-electron chi connectivity index (χ1n) is 5.28. The van der Waals surface area contributed by atoms with Crippen LogP contribution >= 0.6 is 0 Å². The molecule has 0 fully saturated rings. The Morgan fingerprint density at radius 2 is 1.88 bits per heavy atom. The van der Waals surface area contributed by atoms with Crippen LogP contribution in [0.2, 0.25) is 0 Å². The van der Waals surface area contributed by atoms with Crippen LogP contribution in [0.4, 0.5) is 5.69 Å². The van der Waals surface area contributed by atoms with E-state index in [1.54, 1.807) is 12.1 Å². The van der Waals surface area contributed by atoms with Gasteiger partial charge in [-0.05, 0) is 12.1 Å². The fourth-order valence-corrected chi connectivity index (χ4v) is 1.28. The molecule has 0 atom stereocenters. The van der Waals surface area contributed by atoms with Gasteiger partial charge in [0.1, 0.15) is 0 Å². The number of methoxy groups -OCH3 is 1. The monoisotopic (exact) mass is 236 g/mol. The molecule has 0 unspecified atom stereocenters. The summed E-state index contributed by atoms with van der Waals surface area (Å²) in [6.45, 7) is 0. The summed E-state index contributed by atoms with van der Waals surface area (Å²) in [5, 5.41) is 1.61. The molecule has 1 amide bonds. The number of rotatable bonds is 5. The number of carbonyl (C=O) groups is 2. The average Bonchev–Trinajstić information content (AvgIpc) is 2.36. The second-order valence-electron chi connectivity index (χ2n) is 3.51. The summed E-state index contributed by atoms with van der Waals surface area (Å²) < 4.78 is 4.46. The van der Waals surface area contributed by atoms with E-state index in [1.165, 1.54) is 7.11 Å². The topological polar surface area (TPSA) is 58.6 Å². The molecule has 0 aromatic heterocycles. The molecule has 0 saturated carbocycles. The lowest BCUT2D eigenvalue weighted by Crippen LogP contribution is -2.39. The van der Waals surface area contributed by atoms with Gasteiger partial charge in [0.15, 0.2) is 0 Å². The first-order chi connectivity index (χ1) is 8.13. The number of hydrazine groups is 1. The van der Waals surface area contributed by atoms with Crippen molar-refractivity contribution in [2.45, 2.75) is 12.8 Å². The highest BCUT2D eigenvalue weighted by molar-refractivity contribution is 5.82. The predicted octanol–water partition coefficient (Wildman–Crippen LogP) is 1.11. The largest absolute Gasteiger partial charge is 0.469 e. The molecular formula is C12H16N2O3. The highest BCUT2D eigenvalue weighted by Gasteiger charge is 2.08. The summed E-state index contributed by atoms with van der Waals surface area (Å²) in [5.74, 6) is -0.607. The maximum atomic E-state index is 11.5. The van der Waals surface area contributed by atoms with Crippen LogP contribution in [0.3, 0.4) is 0 Å². The summed E-state index contributed by atoms with van der Waals surface area (Å²) in [6.07, 6.45) is 0.203. The number of benzene rings is 1. The summed E-state index contributed by atoms with van der Waals surface area (Å²) in [5.41, 5.74) is 3.54. The fraction of sp³-hybridized carbons (Fsp3) is 0.333. The minimum atomic E-state index is -0.387. The van der Waals surface area contributed by atoms with Gasteiger partial charge in [-0.1, -0.05) is 18.2 Å². The maximum absolute atomic E-state index is 11.5. The van der Waals surface area contributed by atoms with Gasteiger partial charge < -0.3 is 4.74 Å². The van der Waals surface area contributed by atoms with Gasteiger partial charge in [0.2, 0.25) is 5.91 Å². The second kappa shape index (κ2) is 6.52. The Labute approximate surface area is 100 Å². The number of amides is 1. The molecule has 0 bridgehead atoms. The predicted molar refractivity (Wildman–Crippen MR) is 64.2 cm³/mol. The maximum Gasteiger partial charge on any atom is 0.306 e. The van der Waals surface area contributed by atoms with Crippen LogP contribution in [0.15, 0.2) is 30.3 Å². The zero-order valence-electron chi connectivity index (χ0n) is 9.97. The number of nitrogens with zero attached hydrogens (tertiary/aromatic N) is 1. The van der Waals surface area contributed by atoms with Gasteiger partial charge in [0.25, 0.3) is 0 Å². The molecule has 5 nitrogen and oxygen atoms in total. The molecule has 0 heterocycles. The van der Waals surface area contributed by atoms with E-state index >= 15 is 0 Å². The van der Waals surface area contributed by atoms with Crippen LogP contribution in [0, 0.1) is 0 Å². The molecule has 0 aliphatic carbocycles. The van der Waals surface area contributed by atoms with Crippen molar-refractivity contribution in [1.82, 2.24) is 5.43 Å². The van der Waals surface area contributed by atoms with E-state index in [2.05, 4.69) is 10.2 Å². The molecule has 1 aromatic carbocycles. The van der Waals surface area contributed by atoms with Crippen LogP contribution in [0.1, 0.15) is 12.8 Å². The van der Waals surface area contributed by atoms with Gasteiger partial charge in [-0.3, -0.25) is 20.0 Å². The summed E-state index contributed by atoms with van der Waals surface area (Å²) in [4.78, 5) is 22.3. The highest BCUT2D eigenvalue weighted by atomic mass is 16.5. The number of hydrogen-bond acceptors (Lipinski definition) is 4. The molecule has 1 rings (SSSR count). The SMILES string of the molecule is COC(=O)CCC(=O)NN(C)c1ccccc1. The molecule has 0 radical (unpaired) electrons. The van der Waals surface area contributed by atoms with Gasteiger partial charge in [-0.15, -0.1) is 0 Å². The number of carbonyl (C=O) groups excluding carboxylic acids is 2. The fourth-order valence-electron chi connectivity index (χ4n) is 1.28. The van der Waals surface area contributed by atoms with Gasteiger partial charge in [0, 0.05) is 13.5 Å². The zero-order valence-corrected chi connectivity index (χ0v) is 9.97. The van der Waals surface area contributed by atoms with Crippen molar-refractivity contribution in [3.63, 3.8) is 0 Å². The molecule has 1 N–H and O–H groups in total. The normalized spacial score (nSPS) is 9.53. The lowest BCUT2D eigenvalue weighted by atomic mass is 10.3. The third kappa shape index (κ3) is 4.55. The van der Waals surface area contributed by atoms with Crippen molar-refractivity contribution in [2.24, 2.45) is 0 Å². The molecule has 5 heteroatoms. The minimum absolute atomic E-state index is 0.0883. The summed E-state index contributed by atoms with van der Waals surface area (Å²) in [6, 6.07) is 9.41. The standard InChI is InChI=1S/C12H16N2O3/c1-14(10-6-4-3-5-7-10)13-11(15)8-9-12(16)17-2/h3-7H,8-9H2,1-2H3,(H,13,15). The molecule has 0 aliphatic rings. The zero-order chi connectivity index (χ0) is 12.7. The molecule has 92 valence electrons. The van der Waals surface area contributed by atoms with Crippen LogP contribution < -0.4 is 10.4 Å². The number of ether oxygens (including phenoxy) is 1. The Morgan fingerprint density at radius 3 is 2.47 bits per heavy atom. The van der Waals surface area contributed by atoms with Gasteiger partial charge in [-0.2, -0.15) is 0 Å². The smallest absolute Gasteiger partial charge is 0.306 e. The van der Waals surface area contributed by atoms with Crippen molar-refractivity contribution in [1.29, 1.82) is 0 Å². The van der Waals surface area contributed by atoms with Crippen molar-refractivity contribution >= 4 is 17.6 Å². The van der Waals surface area contributed by atoms with Crippen LogP contribution in [-0.2, 0) is 14.3 Å². The van der Waals surface area contributed by atoms with E-state index in [4.69, 9.17) is 0 Å². The Hall–Kier alpha value is -2.04. The minimum Gasteiger partial charge on any atom is -0.469 e. The Balaban J connectivity index is 2.39. The van der Waals surface area contributed by atoms with Crippen molar-refractivity contribution in [3.8, 4) is 0 Å². The lowest BCUT2D eigenvalue weighted by molar-refractivity contribution is -0.142. The van der Waals surface area contributed by atoms with Crippen molar-refractivity contribution in [3.05, 3.63) is 30.3 Å². The van der Waals surface area contributed by atoms with Crippen molar-refractivity contribution < 1.29 is 14.3 Å². The Kier molecular flexibility index (Phi) is 5.00. The number of anilines is 1. The number of para-hydroxylation sites is 1. The van der Waals surface area contributed by atoms with E-state index in [9.17, 15) is 9.59 Å². The molecular weight excluding hydrogens is 220 g/mol. The van der Waals surface area contributed by atoms with E-state index < -0.39 is 0 Å².